The van der Waals surface area contributed by atoms with Crippen LogP contribution in [0, 0.1) is 0 Å². The van der Waals surface area contributed by atoms with E-state index in [9.17, 15) is 14.7 Å². The van der Waals surface area contributed by atoms with Crippen LogP contribution in [0.1, 0.15) is 40.4 Å². The third kappa shape index (κ3) is 3.76. The van der Waals surface area contributed by atoms with E-state index < -0.39 is 5.97 Å². The van der Waals surface area contributed by atoms with Gasteiger partial charge in [0, 0.05) is 11.8 Å². The number of carboxylic acid groups (broad SMARTS) is 1. The van der Waals surface area contributed by atoms with Crippen molar-refractivity contribution in [1.29, 1.82) is 0 Å². The molecule has 1 heterocycles. The number of benzene rings is 1. The number of nitrogens with one attached hydrogen (secondary N) is 1. The second-order valence-corrected chi connectivity index (χ2v) is 6.61. The largest absolute Gasteiger partial charge is 0.545 e. The summed E-state index contributed by atoms with van der Waals surface area (Å²) in [4.78, 5) is 27.3. The zero-order chi connectivity index (χ0) is 16.9. The summed E-state index contributed by atoms with van der Waals surface area (Å²) in [6.07, 6.45) is 4.51. The Bertz CT molecular complexity index is 763. The van der Waals surface area contributed by atoms with E-state index in [0.29, 0.717) is 5.03 Å². The third-order valence-corrected chi connectivity index (χ3v) is 5.04. The number of rotatable bonds is 5. The quantitative estimate of drug-likeness (QED) is 0.838. The van der Waals surface area contributed by atoms with Gasteiger partial charge in [0.2, 0.25) is 5.91 Å². The van der Waals surface area contributed by atoms with Gasteiger partial charge in [-0.3, -0.25) is 4.79 Å². The molecule has 0 unspecified atom stereocenters. The van der Waals surface area contributed by atoms with Crippen LogP contribution < -0.4 is 10.4 Å². The first-order valence-corrected chi connectivity index (χ1v) is 8.80. The van der Waals surface area contributed by atoms with Gasteiger partial charge < -0.3 is 15.2 Å². The molecule has 1 amide bonds. The number of nitrogens with zero attached hydrogens (tertiary/aromatic N) is 1. The van der Waals surface area contributed by atoms with Crippen LogP contribution in [0.4, 0.5) is 0 Å². The second kappa shape index (κ2) is 7.49. The fourth-order valence-corrected chi connectivity index (χ4v) is 3.73. The summed E-state index contributed by atoms with van der Waals surface area (Å²) in [7, 11) is 0. The van der Waals surface area contributed by atoms with Gasteiger partial charge in [0.05, 0.1) is 17.8 Å². The van der Waals surface area contributed by atoms with E-state index in [1.165, 1.54) is 29.5 Å². The summed E-state index contributed by atoms with van der Waals surface area (Å²) in [6.45, 7) is 0. The fourth-order valence-electron chi connectivity index (χ4n) is 2.93. The number of carbonyl (C=O) groups excluding carboxylic acids is 2. The van der Waals surface area contributed by atoms with Crippen molar-refractivity contribution in [2.75, 3.05) is 5.75 Å². The monoisotopic (exact) mass is 341 g/mol. The van der Waals surface area contributed by atoms with Crippen LogP contribution in [-0.4, -0.2) is 22.6 Å². The van der Waals surface area contributed by atoms with Crippen molar-refractivity contribution >= 4 is 23.6 Å². The number of fused-ring (bicyclic) bond motifs is 1. The zero-order valence-electron chi connectivity index (χ0n) is 13.0. The van der Waals surface area contributed by atoms with Gasteiger partial charge in [-0.05, 0) is 42.5 Å². The molecule has 1 N–H and O–H groups in total. The second-order valence-electron chi connectivity index (χ2n) is 5.64. The molecular weight excluding hydrogens is 324 g/mol. The van der Waals surface area contributed by atoms with Gasteiger partial charge in [-0.1, -0.05) is 36.0 Å². The number of carbonyl (C=O) groups is 2. The summed E-state index contributed by atoms with van der Waals surface area (Å²) in [5, 5.41) is 14.4. The maximum Gasteiger partial charge on any atom is 0.230 e. The number of pyridine rings is 1. The van der Waals surface area contributed by atoms with E-state index in [0.717, 1.165) is 31.0 Å². The van der Waals surface area contributed by atoms with Crippen LogP contribution in [0.25, 0.3) is 0 Å². The number of hydrogen-bond acceptors (Lipinski definition) is 5. The number of carboxylic acids is 1. The molecule has 0 aliphatic heterocycles. The van der Waals surface area contributed by atoms with Crippen LogP contribution in [0.2, 0.25) is 0 Å². The van der Waals surface area contributed by atoms with E-state index in [1.54, 1.807) is 0 Å². The number of thioether (sulfide) groups is 1. The number of hydrogen-bond donors (Lipinski definition) is 1. The first-order chi connectivity index (χ1) is 11.6. The molecule has 2 aromatic rings. The summed E-state index contributed by atoms with van der Waals surface area (Å²) in [6, 6.07) is 11.1. The minimum atomic E-state index is -1.28. The smallest absolute Gasteiger partial charge is 0.230 e. The van der Waals surface area contributed by atoms with Gasteiger partial charge in [0.1, 0.15) is 5.03 Å². The van der Waals surface area contributed by atoms with E-state index in [2.05, 4.69) is 22.4 Å². The highest BCUT2D eigenvalue weighted by Crippen LogP contribution is 2.29. The number of aromatic carboxylic acids is 1. The molecular formula is C18H17N2O3S-. The van der Waals surface area contributed by atoms with Crippen LogP contribution >= 0.6 is 11.8 Å². The Morgan fingerprint density at radius 2 is 2.08 bits per heavy atom. The van der Waals surface area contributed by atoms with Crippen molar-refractivity contribution in [2.45, 2.75) is 30.3 Å². The van der Waals surface area contributed by atoms with Crippen molar-refractivity contribution in [2.24, 2.45) is 0 Å². The molecule has 5 nitrogen and oxygen atoms in total. The van der Waals surface area contributed by atoms with E-state index in [4.69, 9.17) is 0 Å². The summed E-state index contributed by atoms with van der Waals surface area (Å²) in [5.74, 6) is -1.29. The van der Waals surface area contributed by atoms with Crippen molar-refractivity contribution in [3.05, 3.63) is 59.3 Å². The first kappa shape index (κ1) is 16.5. The lowest BCUT2D eigenvalue weighted by Crippen LogP contribution is -2.32. The molecule has 6 heteroatoms. The maximum absolute atomic E-state index is 12.3. The van der Waals surface area contributed by atoms with Gasteiger partial charge in [-0.2, -0.15) is 0 Å². The lowest BCUT2D eigenvalue weighted by molar-refractivity contribution is -0.255. The topological polar surface area (TPSA) is 82.1 Å². The van der Waals surface area contributed by atoms with Gasteiger partial charge in [-0.25, -0.2) is 4.98 Å². The Morgan fingerprint density at radius 3 is 2.92 bits per heavy atom. The van der Waals surface area contributed by atoms with Crippen LogP contribution in [0.15, 0.2) is 47.6 Å². The predicted octanol–water partition coefficient (Wildman–Crippen LogP) is 1.73. The van der Waals surface area contributed by atoms with Gasteiger partial charge in [0.15, 0.2) is 0 Å². The Hall–Kier alpha value is -2.34. The van der Waals surface area contributed by atoms with Gasteiger partial charge in [0.25, 0.3) is 0 Å². The van der Waals surface area contributed by atoms with Crippen molar-refractivity contribution in [3.63, 3.8) is 0 Å². The Morgan fingerprint density at radius 1 is 1.25 bits per heavy atom. The first-order valence-electron chi connectivity index (χ1n) is 7.81. The predicted molar refractivity (Wildman–Crippen MR) is 89.6 cm³/mol. The molecule has 1 aliphatic rings. The van der Waals surface area contributed by atoms with E-state index >= 15 is 0 Å². The standard InChI is InChI=1S/C18H18N2O3S/c21-16(11-24-17-14(18(22)23)8-4-10-19-17)20-15-9-3-6-12-5-1-2-7-13(12)15/h1-2,4-5,7-8,10,15H,3,6,9,11H2,(H,20,21)(H,22,23)/p-1/t15-/m0/s1. The van der Waals surface area contributed by atoms with Crippen LogP contribution in [0.5, 0.6) is 0 Å². The van der Waals surface area contributed by atoms with E-state index in [1.807, 2.05) is 12.1 Å². The molecule has 0 saturated carbocycles. The Balaban J connectivity index is 1.62. The summed E-state index contributed by atoms with van der Waals surface area (Å²) < 4.78 is 0. The molecule has 124 valence electrons. The van der Waals surface area contributed by atoms with Crippen LogP contribution in [-0.2, 0) is 11.2 Å². The van der Waals surface area contributed by atoms with Crippen LogP contribution in [0.3, 0.4) is 0 Å². The molecule has 24 heavy (non-hydrogen) atoms. The highest BCUT2D eigenvalue weighted by molar-refractivity contribution is 8.00. The molecule has 0 fully saturated rings. The lowest BCUT2D eigenvalue weighted by atomic mass is 9.88. The fraction of sp³-hybridized carbons (Fsp3) is 0.278. The molecule has 0 spiro atoms. The number of aryl methyl sites for hydroxylation is 1. The summed E-state index contributed by atoms with van der Waals surface area (Å²) >= 11 is 1.11. The Kier molecular flexibility index (Phi) is 5.15. The van der Waals surface area contributed by atoms with Gasteiger partial charge in [-0.15, -0.1) is 0 Å². The van der Waals surface area contributed by atoms with Crippen molar-refractivity contribution in [1.82, 2.24) is 10.3 Å². The highest BCUT2D eigenvalue weighted by Gasteiger charge is 2.21. The SMILES string of the molecule is O=C(CSc1ncccc1C(=O)[O-])N[C@H]1CCCc2ccccc21. The third-order valence-electron chi connectivity index (χ3n) is 4.04. The lowest BCUT2D eigenvalue weighted by Gasteiger charge is -2.26. The maximum atomic E-state index is 12.3. The average Bonchev–Trinajstić information content (AvgIpc) is 2.60. The van der Waals surface area contributed by atoms with E-state index in [-0.39, 0.29) is 23.3 Å². The molecule has 1 aromatic carbocycles. The molecule has 1 aliphatic carbocycles. The Labute approximate surface area is 144 Å². The van der Waals surface area contributed by atoms with Gasteiger partial charge >= 0.3 is 0 Å². The number of aromatic nitrogens is 1. The molecule has 0 bridgehead atoms. The minimum Gasteiger partial charge on any atom is -0.545 e. The minimum absolute atomic E-state index is 0.0123. The number of amides is 1. The normalized spacial score (nSPS) is 16.2. The zero-order valence-corrected chi connectivity index (χ0v) is 13.8. The van der Waals surface area contributed by atoms with Crippen molar-refractivity contribution < 1.29 is 14.7 Å². The highest BCUT2D eigenvalue weighted by atomic mass is 32.2. The van der Waals surface area contributed by atoms with Crippen molar-refractivity contribution in [3.8, 4) is 0 Å². The average molecular weight is 341 g/mol. The molecule has 0 radical (unpaired) electrons. The molecule has 3 rings (SSSR count). The molecule has 0 saturated heterocycles. The molecule has 1 aromatic heterocycles. The summed E-state index contributed by atoms with van der Waals surface area (Å²) in [5.41, 5.74) is 2.47. The molecule has 1 atom stereocenters.